The van der Waals surface area contributed by atoms with E-state index in [1.54, 1.807) is 0 Å². The number of rotatable bonds is 5. The average molecular weight is 398 g/mol. The summed E-state index contributed by atoms with van der Waals surface area (Å²) in [6.45, 7) is 3.25. The van der Waals surface area contributed by atoms with Gasteiger partial charge in [-0.25, -0.2) is 0 Å². The Morgan fingerprint density at radius 2 is 1.87 bits per heavy atom. The molecule has 2 N–H and O–H groups in total. The van der Waals surface area contributed by atoms with Crippen molar-refractivity contribution in [1.82, 2.24) is 14.9 Å². The molecule has 0 radical (unpaired) electrons. The van der Waals surface area contributed by atoms with Gasteiger partial charge in [0.25, 0.3) is 0 Å². The SMILES string of the molecule is OCc1ccc(-c2cccc([C@@H]3CCCN(Cc4ccc5[nH]ccc5c4)C3)n2)cc1. The predicted molar refractivity (Wildman–Crippen MR) is 121 cm³/mol. The number of aliphatic hydroxyl groups is 1. The Labute approximate surface area is 177 Å². The summed E-state index contributed by atoms with van der Waals surface area (Å²) in [5, 5.41) is 10.5. The van der Waals surface area contributed by atoms with Gasteiger partial charge < -0.3 is 10.1 Å². The molecule has 30 heavy (non-hydrogen) atoms. The standard InChI is InChI=1S/C26H27N3O/c30-18-19-6-9-21(10-7-19)25-4-1-5-26(28-25)23-3-2-14-29(17-23)16-20-8-11-24-22(15-20)12-13-27-24/h1,4-13,15,23,27,30H,2-3,14,16-18H2/t23-/m1/s1. The smallest absolute Gasteiger partial charge is 0.0705 e. The van der Waals surface area contributed by atoms with Crippen molar-refractivity contribution in [3.05, 3.63) is 89.7 Å². The molecule has 1 aliphatic rings. The fraction of sp³-hybridized carbons (Fsp3) is 0.269. The zero-order valence-electron chi connectivity index (χ0n) is 17.1. The van der Waals surface area contributed by atoms with Crippen LogP contribution in [-0.2, 0) is 13.2 Å². The summed E-state index contributed by atoms with van der Waals surface area (Å²) in [6.07, 6.45) is 4.39. The largest absolute Gasteiger partial charge is 0.392 e. The Balaban J connectivity index is 1.31. The molecule has 4 nitrogen and oxygen atoms in total. The quantitative estimate of drug-likeness (QED) is 0.492. The number of aromatic nitrogens is 2. The van der Waals surface area contributed by atoms with E-state index in [1.807, 2.05) is 30.5 Å². The van der Waals surface area contributed by atoms with Crippen LogP contribution in [0.2, 0.25) is 0 Å². The lowest BCUT2D eigenvalue weighted by Crippen LogP contribution is -2.34. The van der Waals surface area contributed by atoms with Gasteiger partial charge in [0.2, 0.25) is 0 Å². The number of nitrogens with zero attached hydrogens (tertiary/aromatic N) is 2. The summed E-state index contributed by atoms with van der Waals surface area (Å²) in [5.41, 5.74) is 6.78. The van der Waals surface area contributed by atoms with E-state index in [4.69, 9.17) is 4.98 Å². The molecule has 5 rings (SSSR count). The van der Waals surface area contributed by atoms with E-state index in [9.17, 15) is 5.11 Å². The Bertz CT molecular complexity index is 1130. The van der Waals surface area contributed by atoms with Crippen molar-refractivity contribution in [3.8, 4) is 11.3 Å². The molecule has 4 aromatic rings. The van der Waals surface area contributed by atoms with Gasteiger partial charge in [0.15, 0.2) is 0 Å². The summed E-state index contributed by atoms with van der Waals surface area (Å²) in [6, 6.07) is 23.2. The number of aliphatic hydroxyl groups excluding tert-OH is 1. The first-order valence-electron chi connectivity index (χ1n) is 10.7. The second kappa shape index (κ2) is 8.42. The molecular formula is C26H27N3O. The van der Waals surface area contributed by atoms with E-state index < -0.39 is 0 Å². The molecule has 0 unspecified atom stereocenters. The molecule has 3 heterocycles. The van der Waals surface area contributed by atoms with Crippen LogP contribution in [0.15, 0.2) is 72.9 Å². The highest BCUT2D eigenvalue weighted by atomic mass is 16.3. The molecule has 1 fully saturated rings. The van der Waals surface area contributed by atoms with E-state index >= 15 is 0 Å². The third-order valence-corrected chi connectivity index (χ3v) is 6.15. The number of piperidine rings is 1. The predicted octanol–water partition coefficient (Wildman–Crippen LogP) is 5.10. The van der Waals surface area contributed by atoms with Crippen molar-refractivity contribution < 1.29 is 5.11 Å². The van der Waals surface area contributed by atoms with Crippen molar-refractivity contribution in [2.45, 2.75) is 31.9 Å². The van der Waals surface area contributed by atoms with Crippen LogP contribution in [0.1, 0.15) is 35.6 Å². The zero-order chi connectivity index (χ0) is 20.3. The topological polar surface area (TPSA) is 52.1 Å². The Kier molecular flexibility index (Phi) is 5.35. The number of hydrogen-bond acceptors (Lipinski definition) is 3. The molecule has 2 aromatic heterocycles. The van der Waals surface area contributed by atoms with Crippen molar-refractivity contribution in [1.29, 1.82) is 0 Å². The number of H-pyrrole nitrogens is 1. The van der Waals surface area contributed by atoms with E-state index in [0.717, 1.165) is 36.5 Å². The number of likely N-dealkylation sites (tertiary alicyclic amines) is 1. The van der Waals surface area contributed by atoms with Crippen LogP contribution in [0.4, 0.5) is 0 Å². The van der Waals surface area contributed by atoms with Crippen molar-refractivity contribution >= 4 is 10.9 Å². The van der Waals surface area contributed by atoms with E-state index in [0.29, 0.717) is 5.92 Å². The summed E-state index contributed by atoms with van der Waals surface area (Å²) in [4.78, 5) is 10.8. The molecule has 0 amide bonds. The van der Waals surface area contributed by atoms with E-state index in [-0.39, 0.29) is 6.61 Å². The van der Waals surface area contributed by atoms with Gasteiger partial charge in [0.05, 0.1) is 12.3 Å². The first kappa shape index (κ1) is 19.0. The van der Waals surface area contributed by atoms with Gasteiger partial charge in [-0.3, -0.25) is 9.88 Å². The minimum Gasteiger partial charge on any atom is -0.392 e. The number of benzene rings is 2. The number of aromatic amines is 1. The van der Waals surface area contributed by atoms with Gasteiger partial charge in [0, 0.05) is 42.0 Å². The third kappa shape index (κ3) is 4.02. The highest BCUT2D eigenvalue weighted by molar-refractivity contribution is 5.79. The van der Waals surface area contributed by atoms with E-state index in [1.165, 1.54) is 35.0 Å². The Hall–Kier alpha value is -2.95. The maximum absolute atomic E-state index is 9.26. The van der Waals surface area contributed by atoms with Gasteiger partial charge in [-0.05, 0) is 66.2 Å². The fourth-order valence-corrected chi connectivity index (χ4v) is 4.52. The molecule has 2 aromatic carbocycles. The van der Waals surface area contributed by atoms with Crippen LogP contribution in [0.5, 0.6) is 0 Å². The van der Waals surface area contributed by atoms with Gasteiger partial charge in [-0.15, -0.1) is 0 Å². The van der Waals surface area contributed by atoms with Crippen LogP contribution in [-0.4, -0.2) is 33.1 Å². The van der Waals surface area contributed by atoms with Crippen LogP contribution in [0.3, 0.4) is 0 Å². The van der Waals surface area contributed by atoms with Gasteiger partial charge in [-0.2, -0.15) is 0 Å². The van der Waals surface area contributed by atoms with Crippen molar-refractivity contribution in [2.75, 3.05) is 13.1 Å². The molecule has 4 heteroatoms. The van der Waals surface area contributed by atoms with Gasteiger partial charge in [0.1, 0.15) is 0 Å². The second-order valence-corrected chi connectivity index (χ2v) is 8.28. The third-order valence-electron chi connectivity index (χ3n) is 6.15. The molecule has 1 aliphatic heterocycles. The highest BCUT2D eigenvalue weighted by Crippen LogP contribution is 2.29. The summed E-state index contributed by atoms with van der Waals surface area (Å²) in [7, 11) is 0. The zero-order valence-corrected chi connectivity index (χ0v) is 17.1. The summed E-state index contributed by atoms with van der Waals surface area (Å²) >= 11 is 0. The number of pyridine rings is 1. The average Bonchev–Trinajstić information content (AvgIpc) is 3.27. The number of nitrogens with one attached hydrogen (secondary N) is 1. The van der Waals surface area contributed by atoms with Crippen LogP contribution < -0.4 is 0 Å². The number of fused-ring (bicyclic) bond motifs is 1. The Morgan fingerprint density at radius 1 is 1.00 bits per heavy atom. The first-order valence-corrected chi connectivity index (χ1v) is 10.7. The normalized spacial score (nSPS) is 17.4. The molecule has 0 bridgehead atoms. The summed E-state index contributed by atoms with van der Waals surface area (Å²) in [5.74, 6) is 0.464. The molecule has 152 valence electrons. The van der Waals surface area contributed by atoms with Gasteiger partial charge >= 0.3 is 0 Å². The molecule has 0 aliphatic carbocycles. The van der Waals surface area contributed by atoms with Crippen molar-refractivity contribution in [2.24, 2.45) is 0 Å². The fourth-order valence-electron chi connectivity index (χ4n) is 4.52. The molecule has 0 spiro atoms. The second-order valence-electron chi connectivity index (χ2n) is 8.28. The first-order chi connectivity index (χ1) is 14.8. The lowest BCUT2D eigenvalue weighted by molar-refractivity contribution is 0.198. The molecule has 0 saturated carbocycles. The molecule has 1 atom stereocenters. The summed E-state index contributed by atoms with van der Waals surface area (Å²) < 4.78 is 0. The maximum Gasteiger partial charge on any atom is 0.0705 e. The molecular weight excluding hydrogens is 370 g/mol. The van der Waals surface area contributed by atoms with Crippen LogP contribution >= 0.6 is 0 Å². The van der Waals surface area contributed by atoms with Crippen LogP contribution in [0, 0.1) is 0 Å². The number of hydrogen-bond donors (Lipinski definition) is 2. The minimum absolute atomic E-state index is 0.0721. The lowest BCUT2D eigenvalue weighted by atomic mass is 9.93. The maximum atomic E-state index is 9.26. The molecule has 1 saturated heterocycles. The van der Waals surface area contributed by atoms with Crippen molar-refractivity contribution in [3.63, 3.8) is 0 Å². The minimum atomic E-state index is 0.0721. The van der Waals surface area contributed by atoms with Crippen LogP contribution in [0.25, 0.3) is 22.2 Å². The van der Waals surface area contributed by atoms with Gasteiger partial charge in [-0.1, -0.05) is 36.4 Å². The highest BCUT2D eigenvalue weighted by Gasteiger charge is 2.22. The Morgan fingerprint density at radius 3 is 2.73 bits per heavy atom. The lowest BCUT2D eigenvalue weighted by Gasteiger charge is -2.32. The monoisotopic (exact) mass is 397 g/mol. The van der Waals surface area contributed by atoms with E-state index in [2.05, 4.69) is 52.3 Å².